The molecule has 1 amide bonds. The Bertz CT molecular complexity index is 1100. The van der Waals surface area contributed by atoms with Crippen molar-refractivity contribution in [2.24, 2.45) is 11.7 Å². The number of carbonyl (C=O) groups is 1. The predicted molar refractivity (Wildman–Crippen MR) is 122 cm³/mol. The fourth-order valence-corrected chi connectivity index (χ4v) is 4.59. The van der Waals surface area contributed by atoms with Gasteiger partial charge < -0.3 is 20.7 Å². The molecule has 3 heterocycles. The molecule has 2 saturated heterocycles. The Labute approximate surface area is 208 Å². The third-order valence-corrected chi connectivity index (χ3v) is 6.52. The number of benzene rings is 1. The van der Waals surface area contributed by atoms with E-state index in [9.17, 15) is 26.7 Å². The molecule has 4 rings (SSSR count). The second-order valence-corrected chi connectivity index (χ2v) is 9.07. The first-order chi connectivity index (χ1) is 17.5. The van der Waals surface area contributed by atoms with Gasteiger partial charge in [0.1, 0.15) is 6.33 Å². The van der Waals surface area contributed by atoms with Crippen molar-refractivity contribution >= 4 is 17.5 Å². The number of piperidine rings is 1. The monoisotopic (exact) mass is 532 g/mol. The van der Waals surface area contributed by atoms with E-state index in [2.05, 4.69) is 15.3 Å². The quantitative estimate of drug-likeness (QED) is 0.530. The molecular weight excluding hydrogens is 506 g/mol. The molecule has 0 aliphatic carbocycles. The highest BCUT2D eigenvalue weighted by atomic mass is 19.4. The minimum Gasteiger partial charge on any atom is -0.377 e. The highest BCUT2D eigenvalue weighted by Gasteiger charge is 2.44. The summed E-state index contributed by atoms with van der Waals surface area (Å²) < 4.78 is 89.0. The van der Waals surface area contributed by atoms with E-state index in [0.29, 0.717) is 5.56 Å². The number of rotatable bonds is 7. The van der Waals surface area contributed by atoms with Gasteiger partial charge in [0.05, 0.1) is 37.9 Å². The summed E-state index contributed by atoms with van der Waals surface area (Å²) in [5.41, 5.74) is 4.76. The number of nitrogens with two attached hydrogens (primary N) is 1. The van der Waals surface area contributed by atoms with Crippen molar-refractivity contribution in [3.63, 3.8) is 0 Å². The van der Waals surface area contributed by atoms with Crippen molar-refractivity contribution in [3.8, 4) is 0 Å². The lowest BCUT2D eigenvalue weighted by Gasteiger charge is -2.38. The van der Waals surface area contributed by atoms with E-state index in [1.807, 2.05) is 0 Å². The van der Waals surface area contributed by atoms with Crippen LogP contribution in [0.2, 0.25) is 0 Å². The van der Waals surface area contributed by atoms with Crippen molar-refractivity contribution in [3.05, 3.63) is 47.5 Å². The van der Waals surface area contributed by atoms with Crippen LogP contribution in [0.15, 0.2) is 30.6 Å². The third-order valence-electron chi connectivity index (χ3n) is 6.52. The molecule has 3 N–H and O–H groups in total. The van der Waals surface area contributed by atoms with Gasteiger partial charge in [-0.3, -0.25) is 9.69 Å². The normalized spacial score (nSPS) is 22.6. The van der Waals surface area contributed by atoms with E-state index in [1.165, 1.54) is 17.0 Å². The summed E-state index contributed by atoms with van der Waals surface area (Å²) in [7, 11) is 0. The smallest absolute Gasteiger partial charge is 0.377 e. The Balaban J connectivity index is 1.48. The van der Waals surface area contributed by atoms with Gasteiger partial charge in [0.25, 0.3) is 5.92 Å². The Hall–Kier alpha value is -3.13. The largest absolute Gasteiger partial charge is 0.416 e. The topological polar surface area (TPSA) is 96.6 Å². The Morgan fingerprint density at radius 3 is 2.57 bits per heavy atom. The van der Waals surface area contributed by atoms with Crippen molar-refractivity contribution in [1.82, 2.24) is 14.9 Å². The molecule has 0 bridgehead atoms. The van der Waals surface area contributed by atoms with Gasteiger partial charge >= 0.3 is 6.18 Å². The summed E-state index contributed by atoms with van der Waals surface area (Å²) in [5, 5.41) is 2.65. The number of anilines is 2. The van der Waals surface area contributed by atoms with Crippen LogP contribution in [-0.2, 0) is 15.7 Å². The maximum absolute atomic E-state index is 15.5. The molecule has 1 aromatic carbocycles. The van der Waals surface area contributed by atoms with Crippen LogP contribution in [0.5, 0.6) is 0 Å². The van der Waals surface area contributed by atoms with E-state index < -0.39 is 47.9 Å². The lowest BCUT2D eigenvalue weighted by atomic mass is 9.92. The molecule has 2 aliphatic heterocycles. The number of hydrogen-bond acceptors (Lipinski definition) is 7. The van der Waals surface area contributed by atoms with Gasteiger partial charge in [-0.1, -0.05) is 12.1 Å². The van der Waals surface area contributed by atoms with Gasteiger partial charge in [0, 0.05) is 19.0 Å². The number of aromatic nitrogens is 2. The number of carbonyl (C=O) groups excluding carboxylic acids is 1. The first-order valence-corrected chi connectivity index (χ1v) is 11.6. The zero-order chi connectivity index (χ0) is 26.8. The number of alkyl halides is 5. The molecule has 0 spiro atoms. The summed E-state index contributed by atoms with van der Waals surface area (Å²) in [6.45, 7) is -0.397. The fourth-order valence-electron chi connectivity index (χ4n) is 4.59. The van der Waals surface area contributed by atoms with E-state index >= 15 is 4.39 Å². The van der Waals surface area contributed by atoms with Crippen molar-refractivity contribution in [2.75, 3.05) is 56.2 Å². The molecular formula is C23H26F6N6O2. The summed E-state index contributed by atoms with van der Waals surface area (Å²) >= 11 is 0. The molecule has 1 aromatic heterocycles. The number of likely N-dealkylation sites (tertiary alicyclic amines) is 1. The molecule has 37 heavy (non-hydrogen) atoms. The number of primary amides is 1. The van der Waals surface area contributed by atoms with Gasteiger partial charge in [0.2, 0.25) is 11.7 Å². The minimum absolute atomic E-state index is 0.0618. The number of morpholine rings is 1. The molecule has 0 radical (unpaired) electrons. The zero-order valence-electron chi connectivity index (χ0n) is 19.6. The van der Waals surface area contributed by atoms with Crippen LogP contribution < -0.4 is 16.0 Å². The Morgan fingerprint density at radius 2 is 1.92 bits per heavy atom. The summed E-state index contributed by atoms with van der Waals surface area (Å²) in [6.07, 6.45) is -3.34. The zero-order valence-corrected chi connectivity index (χ0v) is 19.6. The number of halogens is 6. The van der Waals surface area contributed by atoms with E-state index in [-0.39, 0.29) is 57.4 Å². The molecule has 8 nitrogen and oxygen atoms in total. The predicted octanol–water partition coefficient (Wildman–Crippen LogP) is 3.07. The molecule has 2 aliphatic rings. The Morgan fingerprint density at radius 1 is 1.19 bits per heavy atom. The molecule has 2 atom stereocenters. The highest BCUT2D eigenvalue weighted by molar-refractivity contribution is 5.75. The molecule has 1 unspecified atom stereocenters. The molecule has 0 saturated carbocycles. The lowest BCUT2D eigenvalue weighted by molar-refractivity contribution is -0.137. The van der Waals surface area contributed by atoms with Gasteiger partial charge in [-0.2, -0.15) is 17.6 Å². The van der Waals surface area contributed by atoms with Crippen LogP contribution in [0, 0.1) is 11.7 Å². The summed E-state index contributed by atoms with van der Waals surface area (Å²) in [4.78, 5) is 21.8. The fraction of sp³-hybridized carbons (Fsp3) is 0.522. The van der Waals surface area contributed by atoms with Crippen LogP contribution in [0.1, 0.15) is 23.6 Å². The van der Waals surface area contributed by atoms with Crippen molar-refractivity contribution in [1.29, 1.82) is 0 Å². The van der Waals surface area contributed by atoms with E-state index in [0.717, 1.165) is 18.5 Å². The minimum atomic E-state index is -4.49. The van der Waals surface area contributed by atoms with Crippen LogP contribution in [-0.4, -0.2) is 72.6 Å². The third kappa shape index (κ3) is 6.24. The van der Waals surface area contributed by atoms with Crippen LogP contribution in [0.3, 0.4) is 0 Å². The molecule has 14 heteroatoms. The maximum atomic E-state index is 15.5. The standard InChI is InChI=1S/C23H26F6N6O2/c24-19-20(31-9-16-5-6-34(10-18(30)36)12-22(16,25)26)32-13-33-21(19)35-7-8-37-11-17(35)14-1-3-15(4-2-14)23(27,28)29/h1-4,13,16-17H,5-12H2,(H2,30,36)(H,31,32,33)/t16?,17-/m1/s1. The van der Waals surface area contributed by atoms with Gasteiger partial charge in [0.15, 0.2) is 11.6 Å². The highest BCUT2D eigenvalue weighted by Crippen LogP contribution is 2.36. The average molecular weight is 532 g/mol. The SMILES string of the molecule is NC(=O)CN1CCC(CNc2ncnc(N3CCOC[C@@H]3c3ccc(C(F)(F)F)cc3)c2F)C(F)(F)C1. The van der Waals surface area contributed by atoms with Crippen LogP contribution in [0.4, 0.5) is 38.0 Å². The van der Waals surface area contributed by atoms with E-state index in [4.69, 9.17) is 10.5 Å². The Kier molecular flexibility index (Phi) is 7.78. The van der Waals surface area contributed by atoms with Crippen LogP contribution in [0.25, 0.3) is 0 Å². The van der Waals surface area contributed by atoms with Crippen molar-refractivity contribution < 1.29 is 35.9 Å². The van der Waals surface area contributed by atoms with Gasteiger partial charge in [-0.25, -0.2) is 18.7 Å². The second kappa shape index (κ2) is 10.7. The first kappa shape index (κ1) is 26.9. The number of nitrogens with one attached hydrogen (secondary N) is 1. The lowest BCUT2D eigenvalue weighted by Crippen LogP contribution is -2.52. The average Bonchev–Trinajstić information content (AvgIpc) is 2.83. The summed E-state index contributed by atoms with van der Waals surface area (Å²) in [6, 6.07) is 3.88. The van der Waals surface area contributed by atoms with Crippen molar-refractivity contribution in [2.45, 2.75) is 24.6 Å². The van der Waals surface area contributed by atoms with E-state index in [1.54, 1.807) is 4.90 Å². The molecule has 202 valence electrons. The number of ether oxygens (including phenoxy) is 1. The van der Waals surface area contributed by atoms with Gasteiger partial charge in [-0.15, -0.1) is 0 Å². The second-order valence-electron chi connectivity index (χ2n) is 9.07. The number of amides is 1. The van der Waals surface area contributed by atoms with Gasteiger partial charge in [-0.05, 0) is 30.7 Å². The maximum Gasteiger partial charge on any atom is 0.416 e. The molecule has 2 fully saturated rings. The number of nitrogens with zero attached hydrogens (tertiary/aromatic N) is 4. The number of hydrogen-bond donors (Lipinski definition) is 2. The first-order valence-electron chi connectivity index (χ1n) is 11.6. The summed E-state index contributed by atoms with van der Waals surface area (Å²) in [5.74, 6) is -6.20. The molecule has 2 aromatic rings. The van der Waals surface area contributed by atoms with Crippen LogP contribution >= 0.6 is 0 Å².